The van der Waals surface area contributed by atoms with E-state index in [1.54, 1.807) is 11.3 Å². The lowest BCUT2D eigenvalue weighted by atomic mass is 9.75. The molecule has 2 unspecified atom stereocenters. The van der Waals surface area contributed by atoms with Crippen molar-refractivity contribution in [3.8, 4) is 0 Å². The lowest BCUT2D eigenvalue weighted by molar-refractivity contribution is 0.235. The summed E-state index contributed by atoms with van der Waals surface area (Å²) >= 11 is 1.78. The fourth-order valence-corrected chi connectivity index (χ4v) is 4.07. The van der Waals surface area contributed by atoms with Crippen molar-refractivity contribution in [1.29, 1.82) is 0 Å². The number of nitrogens with zero attached hydrogens (tertiary/aromatic N) is 1. The van der Waals surface area contributed by atoms with Crippen LogP contribution in [0.1, 0.15) is 64.1 Å². The van der Waals surface area contributed by atoms with E-state index < -0.39 is 0 Å². The minimum atomic E-state index is -0.00925. The van der Waals surface area contributed by atoms with Crippen LogP contribution < -0.4 is 5.73 Å². The van der Waals surface area contributed by atoms with Gasteiger partial charge in [0.2, 0.25) is 0 Å². The molecule has 1 fully saturated rings. The van der Waals surface area contributed by atoms with E-state index in [0.29, 0.717) is 0 Å². The maximum Gasteiger partial charge on any atom is 0.0946 e. The molecule has 3 heteroatoms. The first-order valence-corrected chi connectivity index (χ1v) is 7.90. The number of hydrogen-bond acceptors (Lipinski definition) is 3. The van der Waals surface area contributed by atoms with Gasteiger partial charge in [-0.25, -0.2) is 4.98 Å². The first kappa shape index (κ1) is 14.0. The molecule has 2 atom stereocenters. The number of rotatable bonds is 2. The zero-order valence-electron chi connectivity index (χ0n) is 12.1. The molecule has 2 nitrogen and oxygen atoms in total. The fourth-order valence-electron chi connectivity index (χ4n) is 2.90. The van der Waals surface area contributed by atoms with Crippen LogP contribution in [0.4, 0.5) is 0 Å². The summed E-state index contributed by atoms with van der Waals surface area (Å²) in [4.78, 5) is 4.78. The molecule has 2 N–H and O–H groups in total. The van der Waals surface area contributed by atoms with Crippen LogP contribution in [0.25, 0.3) is 0 Å². The second-order valence-electron chi connectivity index (χ2n) is 7.12. The van der Waals surface area contributed by atoms with E-state index in [2.05, 4.69) is 33.1 Å². The lowest BCUT2D eigenvalue weighted by Crippen LogP contribution is -2.45. The molecule has 0 aliphatic heterocycles. The fraction of sp³-hybridized carbons (Fsp3) is 0.800. The van der Waals surface area contributed by atoms with Gasteiger partial charge in [0.1, 0.15) is 0 Å². The average molecular weight is 266 g/mol. The Morgan fingerprint density at radius 2 is 2.22 bits per heavy atom. The Balaban J connectivity index is 2.07. The molecule has 0 spiro atoms. The molecular formula is C15H26N2S. The molecule has 1 aliphatic rings. The van der Waals surface area contributed by atoms with Gasteiger partial charge in [-0.2, -0.15) is 0 Å². The van der Waals surface area contributed by atoms with Gasteiger partial charge in [0.15, 0.2) is 0 Å². The van der Waals surface area contributed by atoms with Gasteiger partial charge < -0.3 is 5.73 Å². The number of aromatic nitrogens is 1. The Hall–Kier alpha value is -0.410. The van der Waals surface area contributed by atoms with Crippen LogP contribution in [0.3, 0.4) is 0 Å². The third-order valence-electron chi connectivity index (χ3n) is 3.95. The Labute approximate surface area is 115 Å². The van der Waals surface area contributed by atoms with E-state index in [1.807, 2.05) is 0 Å². The van der Waals surface area contributed by atoms with E-state index in [0.717, 1.165) is 25.2 Å². The van der Waals surface area contributed by atoms with Crippen molar-refractivity contribution in [2.75, 3.05) is 0 Å². The van der Waals surface area contributed by atoms with Gasteiger partial charge in [-0.15, -0.1) is 11.3 Å². The van der Waals surface area contributed by atoms with Gasteiger partial charge in [-0.3, -0.25) is 0 Å². The van der Waals surface area contributed by atoms with E-state index in [9.17, 15) is 0 Å². The summed E-state index contributed by atoms with van der Waals surface area (Å²) in [6.07, 6.45) is 5.87. The van der Waals surface area contributed by atoms with Crippen molar-refractivity contribution in [1.82, 2.24) is 4.98 Å². The first-order chi connectivity index (χ1) is 8.28. The van der Waals surface area contributed by atoms with E-state index in [-0.39, 0.29) is 11.0 Å². The molecule has 1 aromatic rings. The van der Waals surface area contributed by atoms with Gasteiger partial charge in [0.25, 0.3) is 0 Å². The number of nitrogens with two attached hydrogens (primary N) is 1. The van der Waals surface area contributed by atoms with Crippen molar-refractivity contribution in [2.45, 2.75) is 70.8 Å². The smallest absolute Gasteiger partial charge is 0.0946 e. The molecule has 0 aromatic carbocycles. The normalized spacial score (nSPS) is 29.5. The molecule has 0 radical (unpaired) electrons. The van der Waals surface area contributed by atoms with Crippen molar-refractivity contribution in [2.24, 2.45) is 11.7 Å². The van der Waals surface area contributed by atoms with Crippen molar-refractivity contribution in [3.63, 3.8) is 0 Å². The summed E-state index contributed by atoms with van der Waals surface area (Å²) in [5, 5.41) is 3.42. The summed E-state index contributed by atoms with van der Waals surface area (Å²) in [6, 6.07) is 0. The molecule has 0 saturated heterocycles. The zero-order valence-corrected chi connectivity index (χ0v) is 12.9. The molecule has 1 heterocycles. The molecule has 1 aliphatic carbocycles. The molecular weight excluding hydrogens is 240 g/mol. The van der Waals surface area contributed by atoms with Crippen molar-refractivity contribution < 1.29 is 0 Å². The van der Waals surface area contributed by atoms with Gasteiger partial charge >= 0.3 is 0 Å². The maximum atomic E-state index is 6.57. The predicted molar refractivity (Wildman–Crippen MR) is 79.1 cm³/mol. The van der Waals surface area contributed by atoms with Gasteiger partial charge in [-0.1, -0.05) is 40.5 Å². The molecule has 1 saturated carbocycles. The van der Waals surface area contributed by atoms with Crippen molar-refractivity contribution in [3.05, 3.63) is 16.1 Å². The monoisotopic (exact) mass is 266 g/mol. The third-order valence-corrected chi connectivity index (χ3v) is 4.80. The van der Waals surface area contributed by atoms with Crippen LogP contribution in [-0.2, 0) is 11.8 Å². The first-order valence-electron chi connectivity index (χ1n) is 7.02. The SMILES string of the molecule is CC1CCCC(N)(Cc2nc(C(C)(C)C)cs2)C1. The molecule has 2 rings (SSSR count). The van der Waals surface area contributed by atoms with Crippen molar-refractivity contribution >= 4 is 11.3 Å². The maximum absolute atomic E-state index is 6.57. The largest absolute Gasteiger partial charge is 0.325 e. The zero-order chi connectivity index (χ0) is 13.4. The Bertz CT molecular complexity index is 405. The highest BCUT2D eigenvalue weighted by molar-refractivity contribution is 7.09. The second-order valence-corrected chi connectivity index (χ2v) is 8.06. The Morgan fingerprint density at radius 1 is 1.50 bits per heavy atom. The summed E-state index contributed by atoms with van der Waals surface area (Å²) in [6.45, 7) is 8.97. The summed E-state index contributed by atoms with van der Waals surface area (Å²) in [7, 11) is 0. The van der Waals surface area contributed by atoms with Crippen LogP contribution in [0.5, 0.6) is 0 Å². The van der Waals surface area contributed by atoms with Gasteiger partial charge in [-0.05, 0) is 18.8 Å². The predicted octanol–water partition coefficient (Wildman–Crippen LogP) is 3.89. The van der Waals surface area contributed by atoms with E-state index >= 15 is 0 Å². The van der Waals surface area contributed by atoms with E-state index in [4.69, 9.17) is 10.7 Å². The minimum absolute atomic E-state index is 0.00925. The van der Waals surface area contributed by atoms with Crippen LogP contribution >= 0.6 is 11.3 Å². The molecule has 0 amide bonds. The minimum Gasteiger partial charge on any atom is -0.325 e. The summed E-state index contributed by atoms with van der Waals surface area (Å²) < 4.78 is 0. The summed E-state index contributed by atoms with van der Waals surface area (Å²) in [5.41, 5.74) is 7.91. The number of hydrogen-bond donors (Lipinski definition) is 1. The molecule has 102 valence electrons. The van der Waals surface area contributed by atoms with Gasteiger partial charge in [0.05, 0.1) is 10.7 Å². The van der Waals surface area contributed by atoms with Crippen LogP contribution in [0.2, 0.25) is 0 Å². The third kappa shape index (κ3) is 3.33. The van der Waals surface area contributed by atoms with Crippen LogP contribution in [-0.4, -0.2) is 10.5 Å². The highest BCUT2D eigenvalue weighted by Gasteiger charge is 2.32. The number of thiazole rings is 1. The second kappa shape index (κ2) is 4.93. The van der Waals surface area contributed by atoms with Crippen LogP contribution in [0, 0.1) is 5.92 Å². The lowest BCUT2D eigenvalue weighted by Gasteiger charge is -2.36. The highest BCUT2D eigenvalue weighted by atomic mass is 32.1. The Morgan fingerprint density at radius 3 is 2.78 bits per heavy atom. The molecule has 1 aromatic heterocycles. The van der Waals surface area contributed by atoms with Crippen LogP contribution in [0.15, 0.2) is 5.38 Å². The van der Waals surface area contributed by atoms with Gasteiger partial charge in [0, 0.05) is 22.8 Å². The quantitative estimate of drug-likeness (QED) is 0.882. The Kier molecular flexibility index (Phi) is 3.84. The van der Waals surface area contributed by atoms with E-state index in [1.165, 1.54) is 23.5 Å². The summed E-state index contributed by atoms with van der Waals surface area (Å²) in [5.74, 6) is 0.769. The highest BCUT2D eigenvalue weighted by Crippen LogP contribution is 2.34. The standard InChI is InChI=1S/C15H26N2S/c1-11-6-5-7-15(16,8-11)9-13-17-12(10-18-13)14(2,3)4/h10-11H,5-9,16H2,1-4H3. The average Bonchev–Trinajstić information content (AvgIpc) is 2.64. The topological polar surface area (TPSA) is 38.9 Å². The molecule has 0 bridgehead atoms. The molecule has 18 heavy (non-hydrogen) atoms.